The molecule has 2 aromatic rings. The molecule has 0 saturated carbocycles. The number of fused-ring (bicyclic) bond motifs is 1. The Hall–Kier alpha value is -3.07. The predicted octanol–water partition coefficient (Wildman–Crippen LogP) is 1.27. The van der Waals surface area contributed by atoms with Gasteiger partial charge in [0.15, 0.2) is 23.2 Å². The molecule has 3 heterocycles. The number of ketones is 1. The molecule has 1 saturated heterocycles. The molecule has 2 aliphatic heterocycles. The number of rotatable bonds is 10. The number of hydrogen-bond donors (Lipinski definition) is 2. The Balaban J connectivity index is 1.36. The van der Waals surface area contributed by atoms with Gasteiger partial charge in [0.1, 0.15) is 24.6 Å². The van der Waals surface area contributed by atoms with Crippen LogP contribution < -0.4 is 10.5 Å². The number of nitrogens with two attached hydrogens (primary N) is 1. The average molecular weight is 553 g/mol. The molecular formula is C23H30N5O7S2+. The lowest BCUT2D eigenvalue weighted by molar-refractivity contribution is -0.905. The molecule has 0 radical (unpaired) electrons. The summed E-state index contributed by atoms with van der Waals surface area (Å²) in [5, 5.41) is 5.69. The van der Waals surface area contributed by atoms with Crippen molar-refractivity contribution >= 4 is 44.2 Å². The monoisotopic (exact) mass is 552 g/mol. The lowest BCUT2D eigenvalue weighted by Crippen LogP contribution is -2.62. The standard InChI is InChI=1S/C23H29N5O7S2/c1-14-18(22(30)27(14)37(31,32)33)11-20(29)21(19-13-36-23(24)25-19)26-35-9-8-34-17-5-4-16-12-28(2,3)7-6-15(16)10-17/h4-5,10,13-14,18H,6-9,11-12H2,1-3H3,(H2-,24,25,31,32,33)/p+1/b26-21-. The third-order valence-electron chi connectivity index (χ3n) is 6.53. The Morgan fingerprint density at radius 1 is 1.32 bits per heavy atom. The number of carbonyl (C=O) groups excluding carboxylic acids is 2. The Kier molecular flexibility index (Phi) is 7.55. The number of β-lactam (4-membered cyclic amide) rings is 1. The topological polar surface area (TPSA) is 161 Å². The lowest BCUT2D eigenvalue weighted by Gasteiger charge is -2.41. The molecule has 1 aromatic heterocycles. The van der Waals surface area contributed by atoms with Crippen molar-refractivity contribution in [1.29, 1.82) is 0 Å². The van der Waals surface area contributed by atoms with Gasteiger partial charge in [-0.3, -0.25) is 14.1 Å². The summed E-state index contributed by atoms with van der Waals surface area (Å²) in [6.45, 7) is 3.70. The van der Waals surface area contributed by atoms with Crippen molar-refractivity contribution in [3.8, 4) is 5.75 Å². The second-order valence-electron chi connectivity index (χ2n) is 9.78. The van der Waals surface area contributed by atoms with Crippen molar-refractivity contribution in [3.63, 3.8) is 0 Å². The normalized spacial score (nSPS) is 21.2. The number of Topliss-reactive ketones (excluding diaryl/α,β-unsaturated/α-hetero) is 1. The number of oxime groups is 1. The minimum atomic E-state index is -4.68. The Morgan fingerprint density at radius 3 is 2.73 bits per heavy atom. The maximum Gasteiger partial charge on any atom is 0.362 e. The minimum absolute atomic E-state index is 0.0483. The van der Waals surface area contributed by atoms with Crippen molar-refractivity contribution in [3.05, 3.63) is 40.4 Å². The number of amides is 1. The molecule has 14 heteroatoms. The van der Waals surface area contributed by atoms with Crippen molar-refractivity contribution in [2.24, 2.45) is 11.1 Å². The summed E-state index contributed by atoms with van der Waals surface area (Å²) < 4.78 is 38.9. The summed E-state index contributed by atoms with van der Waals surface area (Å²) in [7, 11) is -0.258. The zero-order chi connectivity index (χ0) is 27.0. The number of quaternary nitrogens is 1. The van der Waals surface area contributed by atoms with E-state index in [2.05, 4.69) is 30.3 Å². The van der Waals surface area contributed by atoms with Gasteiger partial charge in [0.05, 0.1) is 32.6 Å². The SMILES string of the molecule is CC1C(CC(=O)/C(=N\OCCOc2ccc3c(c2)CC[N+](C)(C)C3)c2csc(N)n2)C(=O)N1S(=O)(=O)O. The van der Waals surface area contributed by atoms with Crippen LogP contribution in [0.1, 0.15) is 30.2 Å². The lowest BCUT2D eigenvalue weighted by atomic mass is 9.86. The molecule has 3 N–H and O–H groups in total. The highest BCUT2D eigenvalue weighted by molar-refractivity contribution is 7.84. The van der Waals surface area contributed by atoms with E-state index in [-0.39, 0.29) is 36.2 Å². The highest BCUT2D eigenvalue weighted by atomic mass is 32.2. The quantitative estimate of drug-likeness (QED) is 0.110. The van der Waals surface area contributed by atoms with Crippen LogP contribution in [0.5, 0.6) is 5.75 Å². The van der Waals surface area contributed by atoms with E-state index >= 15 is 0 Å². The van der Waals surface area contributed by atoms with Crippen LogP contribution in [0.3, 0.4) is 0 Å². The van der Waals surface area contributed by atoms with Crippen molar-refractivity contribution in [2.45, 2.75) is 32.4 Å². The molecule has 1 fully saturated rings. The summed E-state index contributed by atoms with van der Waals surface area (Å²) >= 11 is 1.11. The molecular weight excluding hydrogens is 522 g/mol. The van der Waals surface area contributed by atoms with Gasteiger partial charge < -0.3 is 19.8 Å². The number of thiazole rings is 1. The van der Waals surface area contributed by atoms with E-state index in [1.54, 1.807) is 0 Å². The number of anilines is 1. The van der Waals surface area contributed by atoms with Crippen LogP contribution in [0.15, 0.2) is 28.7 Å². The van der Waals surface area contributed by atoms with Crippen LogP contribution in [0.2, 0.25) is 0 Å². The van der Waals surface area contributed by atoms with E-state index in [9.17, 15) is 18.0 Å². The van der Waals surface area contributed by atoms with E-state index in [1.165, 1.54) is 23.4 Å². The van der Waals surface area contributed by atoms with Gasteiger partial charge in [-0.2, -0.15) is 8.42 Å². The van der Waals surface area contributed by atoms with Crippen LogP contribution in [0.25, 0.3) is 0 Å². The largest absolute Gasteiger partial charge is 0.490 e. The molecule has 4 rings (SSSR count). The second-order valence-corrected chi connectivity index (χ2v) is 12.0. The van der Waals surface area contributed by atoms with Crippen molar-refractivity contribution in [2.75, 3.05) is 39.6 Å². The highest BCUT2D eigenvalue weighted by Crippen LogP contribution is 2.32. The molecule has 37 heavy (non-hydrogen) atoms. The van der Waals surface area contributed by atoms with Crippen LogP contribution in [-0.2, 0) is 37.7 Å². The Bertz CT molecular complexity index is 1340. The second kappa shape index (κ2) is 10.4. The zero-order valence-corrected chi connectivity index (χ0v) is 22.4. The summed E-state index contributed by atoms with van der Waals surface area (Å²) in [5.41, 5.74) is 8.34. The number of carbonyl (C=O) groups is 2. The van der Waals surface area contributed by atoms with Gasteiger partial charge in [0.2, 0.25) is 5.91 Å². The molecule has 12 nitrogen and oxygen atoms in total. The van der Waals surface area contributed by atoms with Gasteiger partial charge in [0.25, 0.3) is 0 Å². The number of likely N-dealkylation sites (N-methyl/N-ethyl adjacent to an activating group) is 1. The fraction of sp³-hybridized carbons (Fsp3) is 0.478. The molecule has 200 valence electrons. The molecule has 0 bridgehead atoms. The molecule has 2 aliphatic rings. The number of aromatic nitrogens is 1. The first-order chi connectivity index (χ1) is 17.4. The van der Waals surface area contributed by atoms with E-state index in [1.807, 2.05) is 12.1 Å². The van der Waals surface area contributed by atoms with E-state index in [0.717, 1.165) is 41.1 Å². The van der Waals surface area contributed by atoms with Crippen LogP contribution >= 0.6 is 11.3 Å². The zero-order valence-electron chi connectivity index (χ0n) is 20.8. The highest BCUT2D eigenvalue weighted by Gasteiger charge is 2.51. The average Bonchev–Trinajstić information content (AvgIpc) is 3.24. The van der Waals surface area contributed by atoms with Crippen LogP contribution in [0.4, 0.5) is 5.13 Å². The maximum atomic E-state index is 13.0. The number of ether oxygens (including phenoxy) is 1. The number of benzene rings is 1. The van der Waals surface area contributed by atoms with Gasteiger partial charge in [-0.25, -0.2) is 9.29 Å². The molecule has 0 spiro atoms. The van der Waals surface area contributed by atoms with E-state index < -0.39 is 34.0 Å². The summed E-state index contributed by atoms with van der Waals surface area (Å²) in [4.78, 5) is 34.6. The smallest absolute Gasteiger partial charge is 0.362 e. The minimum Gasteiger partial charge on any atom is -0.490 e. The fourth-order valence-corrected chi connectivity index (χ4v) is 5.99. The molecule has 1 amide bonds. The summed E-state index contributed by atoms with van der Waals surface area (Å²) in [5.74, 6) is -1.62. The van der Waals surface area contributed by atoms with E-state index in [4.69, 9.17) is 19.9 Å². The first kappa shape index (κ1) is 27.0. The predicted molar refractivity (Wildman–Crippen MR) is 136 cm³/mol. The van der Waals surface area contributed by atoms with Crippen molar-refractivity contribution in [1.82, 2.24) is 9.29 Å². The number of nitrogen functional groups attached to an aromatic ring is 1. The first-order valence-electron chi connectivity index (χ1n) is 11.7. The Labute approximate surface area is 219 Å². The van der Waals surface area contributed by atoms with Gasteiger partial charge in [-0.1, -0.05) is 5.16 Å². The summed E-state index contributed by atoms with van der Waals surface area (Å²) in [6, 6.07) is 5.17. The third kappa shape index (κ3) is 6.09. The van der Waals surface area contributed by atoms with Gasteiger partial charge in [-0.15, -0.1) is 11.3 Å². The van der Waals surface area contributed by atoms with Crippen LogP contribution in [0, 0.1) is 5.92 Å². The molecule has 2 atom stereocenters. The van der Waals surface area contributed by atoms with E-state index in [0.29, 0.717) is 4.31 Å². The van der Waals surface area contributed by atoms with Gasteiger partial charge in [-0.05, 0) is 30.7 Å². The summed E-state index contributed by atoms with van der Waals surface area (Å²) in [6.07, 6.45) is 0.652. The van der Waals surface area contributed by atoms with Gasteiger partial charge >= 0.3 is 10.3 Å². The Morgan fingerprint density at radius 2 is 2.08 bits per heavy atom. The van der Waals surface area contributed by atoms with Crippen molar-refractivity contribution < 1.29 is 36.6 Å². The number of nitrogens with zero attached hydrogens (tertiary/aromatic N) is 4. The molecule has 2 unspecified atom stereocenters. The fourth-order valence-electron chi connectivity index (χ4n) is 4.52. The number of hydrogen-bond acceptors (Lipinski definition) is 10. The molecule has 0 aliphatic carbocycles. The third-order valence-corrected chi connectivity index (χ3v) is 8.21. The van der Waals surface area contributed by atoms with Gasteiger partial charge in [0, 0.05) is 23.8 Å². The maximum absolute atomic E-state index is 13.0. The van der Waals surface area contributed by atoms with Crippen LogP contribution in [-0.4, -0.2) is 84.0 Å². The first-order valence-corrected chi connectivity index (χ1v) is 14.0. The molecule has 1 aromatic carbocycles.